The Bertz CT molecular complexity index is 321. The van der Waals surface area contributed by atoms with Gasteiger partial charge in [-0.2, -0.15) is 0 Å². The third kappa shape index (κ3) is 7.98. The first kappa shape index (κ1) is 17.2. The summed E-state index contributed by atoms with van der Waals surface area (Å²) >= 11 is 0. The van der Waals surface area contributed by atoms with Gasteiger partial charge in [-0.3, -0.25) is 4.79 Å². The number of aliphatic carboxylic acids is 2. The molecule has 0 aromatic rings. The summed E-state index contributed by atoms with van der Waals surface area (Å²) in [6.45, 7) is 1.05. The van der Waals surface area contributed by atoms with Gasteiger partial charge in [0.2, 0.25) is 0 Å². The Morgan fingerprint density at radius 3 is 2.37 bits per heavy atom. The minimum atomic E-state index is -1.17. The molecule has 4 N–H and O–H groups in total. The fraction of sp³-hybridized carbons (Fsp3) is 0.727. The first-order valence-electron chi connectivity index (χ1n) is 5.99. The zero-order valence-corrected chi connectivity index (χ0v) is 11.2. The van der Waals surface area contributed by atoms with E-state index in [1.165, 1.54) is 4.90 Å². The van der Waals surface area contributed by atoms with Gasteiger partial charge in [0.1, 0.15) is 6.04 Å². The van der Waals surface area contributed by atoms with Crippen molar-refractivity contribution in [2.24, 2.45) is 0 Å². The van der Waals surface area contributed by atoms with Gasteiger partial charge in [-0.15, -0.1) is 0 Å². The van der Waals surface area contributed by atoms with Gasteiger partial charge in [-0.25, -0.2) is 9.59 Å². The van der Waals surface area contributed by atoms with E-state index in [2.05, 4.69) is 10.6 Å². The van der Waals surface area contributed by atoms with Crippen LogP contribution in [0.3, 0.4) is 0 Å². The van der Waals surface area contributed by atoms with Gasteiger partial charge in [0.05, 0.1) is 0 Å². The molecule has 0 fully saturated rings. The fourth-order valence-corrected chi connectivity index (χ4v) is 1.36. The molecule has 110 valence electrons. The molecule has 0 aliphatic heterocycles. The number of carboxylic acids is 2. The number of carboxylic acid groups (broad SMARTS) is 2. The molecule has 8 heteroatoms. The molecule has 0 saturated heterocycles. The molecule has 0 heterocycles. The topological polar surface area (TPSA) is 119 Å². The van der Waals surface area contributed by atoms with E-state index >= 15 is 0 Å². The van der Waals surface area contributed by atoms with Crippen molar-refractivity contribution in [1.29, 1.82) is 0 Å². The number of nitrogens with zero attached hydrogens (tertiary/aromatic N) is 1. The highest BCUT2D eigenvalue weighted by Crippen LogP contribution is 2.02. The second kappa shape index (κ2) is 9.15. The van der Waals surface area contributed by atoms with Crippen molar-refractivity contribution in [3.63, 3.8) is 0 Å². The van der Waals surface area contributed by atoms with Crippen LogP contribution in [0.5, 0.6) is 0 Å². The standard InChI is InChI=1S/C11H21N3O5/c1-12-6-7-14(2)11(19)13-8(10(17)18)4-3-5-9(15)16/h8,12H,3-7H2,1-2H3,(H,13,19)(H,15,16)(H,17,18)/t8-/m1/s1. The zero-order chi connectivity index (χ0) is 14.8. The lowest BCUT2D eigenvalue weighted by Crippen LogP contribution is -2.47. The third-order valence-corrected chi connectivity index (χ3v) is 2.52. The second-order valence-corrected chi connectivity index (χ2v) is 4.15. The Morgan fingerprint density at radius 2 is 1.89 bits per heavy atom. The van der Waals surface area contributed by atoms with Crippen molar-refractivity contribution >= 4 is 18.0 Å². The summed E-state index contributed by atoms with van der Waals surface area (Å²) in [5.74, 6) is -2.15. The van der Waals surface area contributed by atoms with E-state index < -0.39 is 24.0 Å². The molecule has 2 amide bonds. The highest BCUT2D eigenvalue weighted by molar-refractivity contribution is 5.82. The maximum atomic E-state index is 11.7. The molecule has 8 nitrogen and oxygen atoms in total. The predicted octanol–water partition coefficient (Wildman–Crippen LogP) is -0.445. The number of carbonyl (C=O) groups excluding carboxylic acids is 1. The van der Waals surface area contributed by atoms with E-state index in [4.69, 9.17) is 10.2 Å². The van der Waals surface area contributed by atoms with Gasteiger partial charge in [0, 0.05) is 26.6 Å². The summed E-state index contributed by atoms with van der Waals surface area (Å²) in [6.07, 6.45) is 0.176. The molecule has 0 saturated carbocycles. The van der Waals surface area contributed by atoms with E-state index in [0.717, 1.165) is 0 Å². The minimum Gasteiger partial charge on any atom is -0.481 e. The van der Waals surface area contributed by atoms with Crippen LogP contribution in [0.15, 0.2) is 0 Å². The largest absolute Gasteiger partial charge is 0.481 e. The molecule has 0 aromatic carbocycles. The van der Waals surface area contributed by atoms with Crippen LogP contribution >= 0.6 is 0 Å². The highest BCUT2D eigenvalue weighted by Gasteiger charge is 2.21. The minimum absolute atomic E-state index is 0.0905. The van der Waals surface area contributed by atoms with Crippen molar-refractivity contribution in [2.75, 3.05) is 27.2 Å². The summed E-state index contributed by atoms with van der Waals surface area (Å²) in [5.41, 5.74) is 0. The maximum absolute atomic E-state index is 11.7. The number of likely N-dealkylation sites (N-methyl/N-ethyl adjacent to an activating group) is 2. The van der Waals surface area contributed by atoms with Gasteiger partial charge in [0.15, 0.2) is 0 Å². The molecular formula is C11H21N3O5. The lowest BCUT2D eigenvalue weighted by atomic mass is 10.1. The van der Waals surface area contributed by atoms with Crippen molar-refractivity contribution in [3.05, 3.63) is 0 Å². The van der Waals surface area contributed by atoms with Crippen molar-refractivity contribution in [2.45, 2.75) is 25.3 Å². The van der Waals surface area contributed by atoms with Gasteiger partial charge in [0.25, 0.3) is 0 Å². The average molecular weight is 275 g/mol. The molecule has 0 spiro atoms. The molecule has 19 heavy (non-hydrogen) atoms. The van der Waals surface area contributed by atoms with Gasteiger partial charge in [-0.05, 0) is 19.9 Å². The van der Waals surface area contributed by atoms with Crippen LogP contribution in [-0.2, 0) is 9.59 Å². The SMILES string of the molecule is CNCCN(C)C(=O)N[C@H](CCCC(=O)O)C(=O)O. The Hall–Kier alpha value is -1.83. The fourth-order valence-electron chi connectivity index (χ4n) is 1.36. The average Bonchev–Trinajstić information content (AvgIpc) is 2.33. The summed E-state index contributed by atoms with van der Waals surface area (Å²) in [4.78, 5) is 34.3. The lowest BCUT2D eigenvalue weighted by molar-refractivity contribution is -0.140. The molecule has 1 atom stereocenters. The number of nitrogens with one attached hydrogen (secondary N) is 2. The van der Waals surface area contributed by atoms with Gasteiger partial charge < -0.3 is 25.7 Å². The molecule has 0 aromatic heterocycles. The summed E-state index contributed by atoms with van der Waals surface area (Å²) in [5, 5.41) is 22.7. The number of amides is 2. The molecule has 0 radical (unpaired) electrons. The van der Waals surface area contributed by atoms with Crippen LogP contribution < -0.4 is 10.6 Å². The first-order valence-corrected chi connectivity index (χ1v) is 5.99. The molecule has 0 unspecified atom stereocenters. The first-order chi connectivity index (χ1) is 8.88. The van der Waals surface area contributed by atoms with Crippen LogP contribution in [0.4, 0.5) is 4.79 Å². The van der Waals surface area contributed by atoms with Gasteiger partial charge >= 0.3 is 18.0 Å². The number of hydrogen-bond donors (Lipinski definition) is 4. The molecule has 0 aliphatic rings. The summed E-state index contributed by atoms with van der Waals surface area (Å²) < 4.78 is 0. The Balaban J connectivity index is 4.21. The zero-order valence-electron chi connectivity index (χ0n) is 11.2. The van der Waals surface area contributed by atoms with E-state index in [1.54, 1.807) is 14.1 Å². The molecule has 0 rings (SSSR count). The van der Waals surface area contributed by atoms with E-state index in [1.807, 2.05) is 0 Å². The van der Waals surface area contributed by atoms with E-state index in [-0.39, 0.29) is 19.3 Å². The maximum Gasteiger partial charge on any atom is 0.326 e. The lowest BCUT2D eigenvalue weighted by Gasteiger charge is -2.21. The molecular weight excluding hydrogens is 254 g/mol. The molecule has 0 bridgehead atoms. The smallest absolute Gasteiger partial charge is 0.326 e. The van der Waals surface area contributed by atoms with Crippen LogP contribution in [0.1, 0.15) is 19.3 Å². The quantitative estimate of drug-likeness (QED) is 0.453. The number of rotatable bonds is 9. The number of hydrogen-bond acceptors (Lipinski definition) is 4. The second-order valence-electron chi connectivity index (χ2n) is 4.15. The summed E-state index contributed by atoms with van der Waals surface area (Å²) in [6, 6.07) is -1.55. The van der Waals surface area contributed by atoms with Crippen molar-refractivity contribution in [1.82, 2.24) is 15.5 Å². The van der Waals surface area contributed by atoms with Crippen LogP contribution in [0, 0.1) is 0 Å². The number of urea groups is 1. The Morgan fingerprint density at radius 1 is 1.26 bits per heavy atom. The third-order valence-electron chi connectivity index (χ3n) is 2.52. The van der Waals surface area contributed by atoms with Crippen LogP contribution in [-0.4, -0.2) is 66.3 Å². The van der Waals surface area contributed by atoms with E-state index in [0.29, 0.717) is 13.1 Å². The normalized spacial score (nSPS) is 11.7. The van der Waals surface area contributed by atoms with Crippen molar-refractivity contribution in [3.8, 4) is 0 Å². The van der Waals surface area contributed by atoms with E-state index in [9.17, 15) is 14.4 Å². The van der Waals surface area contributed by atoms with Crippen molar-refractivity contribution < 1.29 is 24.6 Å². The number of carbonyl (C=O) groups is 3. The summed E-state index contributed by atoms with van der Waals surface area (Å²) in [7, 11) is 3.31. The van der Waals surface area contributed by atoms with Crippen LogP contribution in [0.25, 0.3) is 0 Å². The predicted molar refractivity (Wildman–Crippen MR) is 68.0 cm³/mol. The Labute approximate surface area is 111 Å². The Kier molecular flexibility index (Phi) is 8.27. The van der Waals surface area contributed by atoms with Gasteiger partial charge in [-0.1, -0.05) is 0 Å². The van der Waals surface area contributed by atoms with Crippen LogP contribution in [0.2, 0.25) is 0 Å². The highest BCUT2D eigenvalue weighted by atomic mass is 16.4. The monoisotopic (exact) mass is 275 g/mol. The molecule has 0 aliphatic carbocycles.